The Labute approximate surface area is 213 Å². The largest absolute Gasteiger partial charge is 0.507 e. The highest BCUT2D eigenvalue weighted by Gasteiger charge is 2.72. The molecule has 10 heteroatoms. The van der Waals surface area contributed by atoms with Crippen LogP contribution in [0.3, 0.4) is 0 Å². The second-order valence-electron chi connectivity index (χ2n) is 11.4. The van der Waals surface area contributed by atoms with Crippen LogP contribution in [0.4, 0.5) is 0 Å². The first kappa shape index (κ1) is 25.7. The minimum atomic E-state index is -2.98. The van der Waals surface area contributed by atoms with Crippen molar-refractivity contribution in [1.82, 2.24) is 4.90 Å². The van der Waals surface area contributed by atoms with Gasteiger partial charge in [-0.1, -0.05) is 38.3 Å². The summed E-state index contributed by atoms with van der Waals surface area (Å²) in [5, 5.41) is 34.4. The van der Waals surface area contributed by atoms with Gasteiger partial charge in [0.25, 0.3) is 0 Å². The van der Waals surface area contributed by atoms with Gasteiger partial charge in [0.2, 0.25) is 5.91 Å². The van der Waals surface area contributed by atoms with Crippen molar-refractivity contribution in [2.24, 2.45) is 35.3 Å². The fourth-order valence-electron chi connectivity index (χ4n) is 7.20. The predicted octanol–water partition coefficient (Wildman–Crippen LogP) is -0.259. The summed E-state index contributed by atoms with van der Waals surface area (Å²) in [7, 11) is 2.93. The molecule has 198 valence electrons. The fraction of sp³-hybridized carbons (Fsp3) is 0.593. The van der Waals surface area contributed by atoms with E-state index in [4.69, 9.17) is 5.73 Å². The maximum absolute atomic E-state index is 13.9. The number of phenols is 1. The van der Waals surface area contributed by atoms with E-state index in [2.05, 4.69) is 0 Å². The van der Waals surface area contributed by atoms with Crippen LogP contribution in [0.5, 0.6) is 5.75 Å². The van der Waals surface area contributed by atoms with Gasteiger partial charge in [0, 0.05) is 5.92 Å². The van der Waals surface area contributed by atoms with Gasteiger partial charge >= 0.3 is 0 Å². The van der Waals surface area contributed by atoms with Crippen molar-refractivity contribution in [2.75, 3.05) is 14.1 Å². The third kappa shape index (κ3) is 3.31. The van der Waals surface area contributed by atoms with Crippen molar-refractivity contribution in [3.63, 3.8) is 0 Å². The second kappa shape index (κ2) is 8.54. The summed E-state index contributed by atoms with van der Waals surface area (Å²) in [6, 6.07) is 2.11. The van der Waals surface area contributed by atoms with E-state index in [0.717, 1.165) is 19.3 Å². The van der Waals surface area contributed by atoms with Crippen LogP contribution >= 0.6 is 0 Å². The molecule has 10 nitrogen and oxygen atoms in total. The molecular weight excluding hydrogens is 480 g/mol. The Hall–Kier alpha value is -2.95. The average Bonchev–Trinajstić information content (AvgIpc) is 2.79. The molecule has 8 atom stereocenters. The number of hydrogen-bond acceptors (Lipinski definition) is 9. The van der Waals surface area contributed by atoms with E-state index in [0.29, 0.717) is 23.5 Å². The fourth-order valence-corrected chi connectivity index (χ4v) is 7.20. The smallest absolute Gasteiger partial charge is 0.235 e. The quantitative estimate of drug-likeness (QED) is 0.396. The van der Waals surface area contributed by atoms with Gasteiger partial charge in [-0.25, -0.2) is 0 Å². The van der Waals surface area contributed by atoms with Gasteiger partial charge in [0.15, 0.2) is 34.7 Å². The zero-order chi connectivity index (χ0) is 27.1. The number of aliphatic hydroxyl groups excluding tert-OH is 1. The summed E-state index contributed by atoms with van der Waals surface area (Å²) in [6.45, 7) is 1.71. The molecule has 0 aliphatic heterocycles. The summed E-state index contributed by atoms with van der Waals surface area (Å²) in [6.07, 6.45) is 2.13. The van der Waals surface area contributed by atoms with Crippen molar-refractivity contribution in [3.05, 3.63) is 28.8 Å². The summed E-state index contributed by atoms with van der Waals surface area (Å²) in [5.41, 5.74) is 3.36. The Kier molecular flexibility index (Phi) is 5.93. The molecule has 0 saturated heterocycles. The lowest BCUT2D eigenvalue weighted by atomic mass is 9.49. The summed E-state index contributed by atoms with van der Waals surface area (Å²) in [4.78, 5) is 67.7. The number of nitrogens with two attached hydrogens (primary N) is 1. The highest BCUT2D eigenvalue weighted by Crippen LogP contribution is 2.54. The second-order valence-corrected chi connectivity index (χ2v) is 11.4. The third-order valence-corrected chi connectivity index (χ3v) is 9.31. The molecule has 4 aliphatic rings. The number of amides is 1. The lowest BCUT2D eigenvalue weighted by Crippen LogP contribution is -2.77. The highest BCUT2D eigenvalue weighted by molar-refractivity contribution is 6.32. The van der Waals surface area contributed by atoms with E-state index in [1.807, 2.05) is 0 Å². The zero-order valence-corrected chi connectivity index (χ0v) is 21.0. The molecule has 5 N–H and O–H groups in total. The van der Waals surface area contributed by atoms with Gasteiger partial charge in [0.1, 0.15) is 5.75 Å². The van der Waals surface area contributed by atoms with Crippen LogP contribution < -0.4 is 5.73 Å². The van der Waals surface area contributed by atoms with Crippen LogP contribution in [0.25, 0.3) is 0 Å². The van der Waals surface area contributed by atoms with Crippen molar-refractivity contribution >= 4 is 29.0 Å². The van der Waals surface area contributed by atoms with Crippen LogP contribution in [-0.4, -0.2) is 81.1 Å². The Morgan fingerprint density at radius 1 is 1.14 bits per heavy atom. The number of hydrogen-bond donors (Lipinski definition) is 4. The zero-order valence-electron chi connectivity index (χ0n) is 21.0. The Balaban J connectivity index is 1.65. The van der Waals surface area contributed by atoms with Crippen LogP contribution in [0.15, 0.2) is 12.1 Å². The molecule has 1 amide bonds. The molecule has 4 aliphatic carbocycles. The molecule has 1 aromatic rings. The van der Waals surface area contributed by atoms with Gasteiger partial charge in [-0.05, 0) is 43.5 Å². The van der Waals surface area contributed by atoms with Crippen LogP contribution in [0.2, 0.25) is 0 Å². The number of aromatic hydroxyl groups is 1. The predicted molar refractivity (Wildman–Crippen MR) is 129 cm³/mol. The summed E-state index contributed by atoms with van der Waals surface area (Å²) >= 11 is 0. The van der Waals surface area contributed by atoms with Crippen LogP contribution in [0, 0.1) is 29.6 Å². The Morgan fingerprint density at radius 2 is 1.78 bits per heavy atom. The average molecular weight is 513 g/mol. The molecular formula is C27H32N2O8. The molecule has 8 unspecified atom stereocenters. The molecule has 3 saturated carbocycles. The number of fused-ring (bicyclic) bond motifs is 3. The normalized spacial score (nSPS) is 37.6. The molecule has 0 radical (unpaired) electrons. The van der Waals surface area contributed by atoms with Crippen LogP contribution in [-0.2, 0) is 25.6 Å². The molecule has 3 fully saturated rings. The van der Waals surface area contributed by atoms with Crippen molar-refractivity contribution in [3.8, 4) is 5.75 Å². The maximum Gasteiger partial charge on any atom is 0.235 e. The van der Waals surface area contributed by atoms with E-state index in [1.54, 1.807) is 19.1 Å². The Morgan fingerprint density at radius 3 is 2.32 bits per heavy atom. The van der Waals surface area contributed by atoms with E-state index < -0.39 is 76.4 Å². The molecule has 1 aromatic carbocycles. The summed E-state index contributed by atoms with van der Waals surface area (Å²) < 4.78 is 0. The SMILES string of the molecule is CC1c2ccc(CC3CCC3)c(O)c2C(=O)C2C(=O)C3(O)C(=O)C(C(N)=O)C(=O)C(N(C)C)C3C(O)C21. The van der Waals surface area contributed by atoms with Crippen LogP contribution in [0.1, 0.15) is 53.6 Å². The Bertz CT molecular complexity index is 1240. The van der Waals surface area contributed by atoms with E-state index in [9.17, 15) is 39.3 Å². The molecule has 37 heavy (non-hydrogen) atoms. The molecule has 5 rings (SSSR count). The molecule has 0 aromatic heterocycles. The minimum Gasteiger partial charge on any atom is -0.507 e. The first-order valence-electron chi connectivity index (χ1n) is 12.7. The monoisotopic (exact) mass is 512 g/mol. The lowest BCUT2D eigenvalue weighted by Gasteiger charge is -2.56. The molecule has 0 spiro atoms. The van der Waals surface area contributed by atoms with Crippen molar-refractivity contribution < 1.29 is 39.3 Å². The maximum atomic E-state index is 13.9. The number of phenolic OH excluding ortho intramolecular Hbond substituents is 1. The number of ketones is 4. The molecule has 0 bridgehead atoms. The first-order chi connectivity index (χ1) is 17.3. The van der Waals surface area contributed by atoms with Gasteiger partial charge < -0.3 is 21.1 Å². The number of benzene rings is 1. The van der Waals surface area contributed by atoms with Crippen molar-refractivity contribution in [1.29, 1.82) is 0 Å². The van der Waals surface area contributed by atoms with Gasteiger partial charge in [-0.2, -0.15) is 0 Å². The number of primary amides is 1. The van der Waals surface area contributed by atoms with Crippen molar-refractivity contribution in [2.45, 2.75) is 56.3 Å². The van der Waals surface area contributed by atoms with E-state index >= 15 is 0 Å². The van der Waals surface area contributed by atoms with Gasteiger partial charge in [-0.15, -0.1) is 0 Å². The number of rotatable bonds is 4. The number of aliphatic hydroxyl groups is 2. The number of likely N-dealkylation sites (N-methyl/N-ethyl adjacent to an activating group) is 1. The minimum absolute atomic E-state index is 0.0388. The van der Waals surface area contributed by atoms with Gasteiger partial charge in [-0.3, -0.25) is 28.9 Å². The third-order valence-electron chi connectivity index (χ3n) is 9.31. The summed E-state index contributed by atoms with van der Waals surface area (Å²) in [5.74, 6) is -12.4. The number of nitrogens with zero attached hydrogens (tertiary/aromatic N) is 1. The van der Waals surface area contributed by atoms with Gasteiger partial charge in [0.05, 0.1) is 29.5 Å². The molecule has 0 heterocycles. The van der Waals surface area contributed by atoms with E-state index in [1.165, 1.54) is 19.0 Å². The number of carbonyl (C=O) groups is 5. The number of carbonyl (C=O) groups excluding carboxylic acids is 5. The number of Topliss-reactive ketones (excluding diaryl/α,β-unsaturated/α-hetero) is 4. The first-order valence-corrected chi connectivity index (χ1v) is 12.7. The highest BCUT2D eigenvalue weighted by atomic mass is 16.3. The lowest BCUT2D eigenvalue weighted by molar-refractivity contribution is -0.196. The van der Waals surface area contributed by atoms with E-state index in [-0.39, 0.29) is 11.3 Å². The standard InChI is InChI=1S/C27H32N2O8/c1-10-13-8-7-12(9-11-5-4-6-11)20(30)15(13)21(31)16-14(10)22(32)18-19(29(2)3)23(33)17(26(28)36)25(35)27(18,37)24(16)34/h7-8,10-11,14,16-19,22,30,32,37H,4-6,9H2,1-3H3,(H2,28,36). The topological polar surface area (TPSA) is 175 Å².